The smallest absolute Gasteiger partial charge is 0.319 e. The first-order valence-electron chi connectivity index (χ1n) is 8.22. The van der Waals surface area contributed by atoms with Crippen LogP contribution < -0.4 is 10.6 Å². The molecule has 2 aromatic carbocycles. The molecule has 0 spiro atoms. The number of carbonyl (C=O) groups excluding carboxylic acids is 1. The van der Waals surface area contributed by atoms with Crippen LogP contribution in [-0.4, -0.2) is 24.0 Å². The molecule has 0 fully saturated rings. The number of nitrogens with zero attached hydrogens (tertiary/aromatic N) is 1. The van der Waals surface area contributed by atoms with E-state index in [1.807, 2.05) is 18.2 Å². The van der Waals surface area contributed by atoms with Crippen molar-refractivity contribution in [1.29, 1.82) is 0 Å². The molecule has 2 aromatic rings. The van der Waals surface area contributed by atoms with Gasteiger partial charge in [0, 0.05) is 13.1 Å². The number of nitrogens with one attached hydrogen (secondary N) is 2. The zero-order valence-corrected chi connectivity index (χ0v) is 14.2. The first-order valence-corrected chi connectivity index (χ1v) is 8.22. The number of carbonyl (C=O) groups is 1. The Bertz CT molecular complexity index is 671. The first-order chi connectivity index (χ1) is 11.6. The van der Waals surface area contributed by atoms with Crippen LogP contribution in [-0.2, 0) is 13.1 Å². The van der Waals surface area contributed by atoms with Gasteiger partial charge in [-0.1, -0.05) is 50.2 Å². The van der Waals surface area contributed by atoms with Crippen LogP contribution >= 0.6 is 0 Å². The van der Waals surface area contributed by atoms with Crippen LogP contribution in [0.1, 0.15) is 25.0 Å². The fourth-order valence-corrected chi connectivity index (χ4v) is 2.48. The number of hydrogen-bond donors (Lipinski definition) is 2. The molecule has 2 rings (SSSR count). The predicted octanol–water partition coefficient (Wildman–Crippen LogP) is 3.99. The van der Waals surface area contributed by atoms with E-state index in [-0.39, 0.29) is 5.69 Å². The van der Waals surface area contributed by atoms with Gasteiger partial charge in [-0.2, -0.15) is 0 Å². The normalized spacial score (nSPS) is 10.7. The highest BCUT2D eigenvalue weighted by Crippen LogP contribution is 2.13. The molecule has 0 unspecified atom stereocenters. The second-order valence-corrected chi connectivity index (χ2v) is 5.52. The molecule has 0 aromatic heterocycles. The van der Waals surface area contributed by atoms with Crippen LogP contribution in [0.4, 0.5) is 14.9 Å². The first kappa shape index (κ1) is 17.9. The zero-order valence-electron chi connectivity index (χ0n) is 14.2. The number of urea groups is 1. The zero-order chi connectivity index (χ0) is 17.4. The second kappa shape index (κ2) is 9.03. The molecule has 0 radical (unpaired) electrons. The van der Waals surface area contributed by atoms with E-state index < -0.39 is 11.8 Å². The van der Waals surface area contributed by atoms with Crippen molar-refractivity contribution in [2.24, 2.45) is 0 Å². The summed E-state index contributed by atoms with van der Waals surface area (Å²) in [5.41, 5.74) is 2.42. The Morgan fingerprint density at radius 2 is 1.62 bits per heavy atom. The Balaban J connectivity index is 1.96. The third-order valence-electron chi connectivity index (χ3n) is 3.97. The van der Waals surface area contributed by atoms with Gasteiger partial charge in [-0.15, -0.1) is 0 Å². The molecule has 0 aliphatic rings. The Kier molecular flexibility index (Phi) is 6.75. The van der Waals surface area contributed by atoms with Crippen LogP contribution in [0.25, 0.3) is 0 Å². The van der Waals surface area contributed by atoms with Gasteiger partial charge in [-0.25, -0.2) is 9.18 Å². The van der Waals surface area contributed by atoms with Gasteiger partial charge in [0.1, 0.15) is 5.82 Å². The number of benzene rings is 2. The molecular weight excluding hydrogens is 305 g/mol. The molecule has 0 heterocycles. The monoisotopic (exact) mass is 329 g/mol. The van der Waals surface area contributed by atoms with E-state index in [1.54, 1.807) is 12.1 Å². The summed E-state index contributed by atoms with van der Waals surface area (Å²) in [4.78, 5) is 14.3. The molecule has 128 valence electrons. The molecule has 2 amide bonds. The van der Waals surface area contributed by atoms with Gasteiger partial charge in [0.2, 0.25) is 0 Å². The van der Waals surface area contributed by atoms with Crippen molar-refractivity contribution in [2.75, 3.05) is 18.4 Å². The lowest BCUT2D eigenvalue weighted by molar-refractivity contribution is 0.251. The summed E-state index contributed by atoms with van der Waals surface area (Å²) >= 11 is 0. The highest BCUT2D eigenvalue weighted by Gasteiger charge is 2.09. The molecule has 24 heavy (non-hydrogen) atoms. The molecular formula is C19H24FN3O. The lowest BCUT2D eigenvalue weighted by Gasteiger charge is -2.20. The molecule has 0 bridgehead atoms. The summed E-state index contributed by atoms with van der Waals surface area (Å²) in [5.74, 6) is -0.449. The lowest BCUT2D eigenvalue weighted by Crippen LogP contribution is -2.29. The van der Waals surface area contributed by atoms with Crippen LogP contribution in [0.15, 0.2) is 48.5 Å². The Morgan fingerprint density at radius 3 is 2.29 bits per heavy atom. The highest BCUT2D eigenvalue weighted by molar-refractivity contribution is 5.89. The average molecular weight is 329 g/mol. The van der Waals surface area contributed by atoms with E-state index in [1.165, 1.54) is 17.7 Å². The standard InChI is InChI=1S/C19H24FN3O/c1-3-23(4-2)14-16-10-6-5-9-15(16)13-21-19(24)22-18-12-8-7-11-17(18)20/h5-12H,3-4,13-14H2,1-2H3,(H2,21,22,24). The number of para-hydroxylation sites is 1. The van der Waals surface area contributed by atoms with Gasteiger partial charge in [0.15, 0.2) is 0 Å². The van der Waals surface area contributed by atoms with Crippen LogP contribution in [0, 0.1) is 5.82 Å². The average Bonchev–Trinajstić information content (AvgIpc) is 2.60. The van der Waals surface area contributed by atoms with Crippen LogP contribution in [0.2, 0.25) is 0 Å². The SMILES string of the molecule is CCN(CC)Cc1ccccc1CNC(=O)Nc1ccccc1F. The van der Waals surface area contributed by atoms with Gasteiger partial charge in [-0.3, -0.25) is 4.90 Å². The summed E-state index contributed by atoms with van der Waals surface area (Å²) < 4.78 is 13.6. The van der Waals surface area contributed by atoms with E-state index in [9.17, 15) is 9.18 Å². The predicted molar refractivity (Wildman–Crippen MR) is 95.3 cm³/mol. The Morgan fingerprint density at radius 1 is 1.00 bits per heavy atom. The molecule has 0 atom stereocenters. The molecule has 4 nitrogen and oxygen atoms in total. The fraction of sp³-hybridized carbons (Fsp3) is 0.316. The number of rotatable bonds is 7. The molecule has 0 saturated heterocycles. The Hall–Kier alpha value is -2.40. The molecule has 2 N–H and O–H groups in total. The largest absolute Gasteiger partial charge is 0.334 e. The second-order valence-electron chi connectivity index (χ2n) is 5.52. The van der Waals surface area contributed by atoms with Gasteiger partial charge >= 0.3 is 6.03 Å². The minimum Gasteiger partial charge on any atom is -0.334 e. The van der Waals surface area contributed by atoms with E-state index in [0.717, 1.165) is 25.2 Å². The number of amides is 2. The van der Waals surface area contributed by atoms with Crippen molar-refractivity contribution in [1.82, 2.24) is 10.2 Å². The summed E-state index contributed by atoms with van der Waals surface area (Å²) in [7, 11) is 0. The van der Waals surface area contributed by atoms with Gasteiger partial charge in [0.05, 0.1) is 5.69 Å². The molecule has 5 heteroatoms. The summed E-state index contributed by atoms with van der Waals surface area (Å²) in [5, 5.41) is 5.32. The Labute approximate surface area is 142 Å². The highest BCUT2D eigenvalue weighted by atomic mass is 19.1. The number of anilines is 1. The molecule has 0 aliphatic heterocycles. The van der Waals surface area contributed by atoms with E-state index in [4.69, 9.17) is 0 Å². The topological polar surface area (TPSA) is 44.4 Å². The fourth-order valence-electron chi connectivity index (χ4n) is 2.48. The maximum atomic E-state index is 13.6. The van der Waals surface area contributed by atoms with Crippen LogP contribution in [0.5, 0.6) is 0 Å². The summed E-state index contributed by atoms with van der Waals surface area (Å²) in [6.07, 6.45) is 0. The quantitative estimate of drug-likeness (QED) is 0.807. The van der Waals surface area contributed by atoms with Crippen molar-refractivity contribution in [3.05, 3.63) is 65.5 Å². The summed E-state index contributed by atoms with van der Waals surface area (Å²) in [6, 6.07) is 13.7. The minimum absolute atomic E-state index is 0.173. The maximum absolute atomic E-state index is 13.6. The van der Waals surface area contributed by atoms with E-state index in [2.05, 4.69) is 35.4 Å². The number of halogens is 1. The van der Waals surface area contributed by atoms with Gasteiger partial charge < -0.3 is 10.6 Å². The van der Waals surface area contributed by atoms with Gasteiger partial charge in [-0.05, 0) is 36.3 Å². The third-order valence-corrected chi connectivity index (χ3v) is 3.97. The van der Waals surface area contributed by atoms with Gasteiger partial charge in [0.25, 0.3) is 0 Å². The molecule has 0 saturated carbocycles. The van der Waals surface area contributed by atoms with Crippen molar-refractivity contribution < 1.29 is 9.18 Å². The lowest BCUT2D eigenvalue weighted by atomic mass is 10.1. The number of hydrogen-bond acceptors (Lipinski definition) is 2. The third kappa shape index (κ3) is 5.06. The van der Waals surface area contributed by atoms with E-state index in [0.29, 0.717) is 6.54 Å². The molecule has 0 aliphatic carbocycles. The van der Waals surface area contributed by atoms with Crippen LogP contribution in [0.3, 0.4) is 0 Å². The van der Waals surface area contributed by atoms with Crippen molar-refractivity contribution in [2.45, 2.75) is 26.9 Å². The van der Waals surface area contributed by atoms with Crippen molar-refractivity contribution in [3.8, 4) is 0 Å². The van der Waals surface area contributed by atoms with E-state index >= 15 is 0 Å². The minimum atomic E-state index is -0.449. The van der Waals surface area contributed by atoms with Crippen molar-refractivity contribution >= 4 is 11.7 Å². The summed E-state index contributed by atoms with van der Waals surface area (Å²) in [6.45, 7) is 7.47. The maximum Gasteiger partial charge on any atom is 0.319 e. The van der Waals surface area contributed by atoms with Crippen molar-refractivity contribution in [3.63, 3.8) is 0 Å².